The Morgan fingerprint density at radius 2 is 1.69 bits per heavy atom. The number of carboxylic acids is 1. The molecule has 1 N–H and O–H groups in total. The first-order valence-corrected chi connectivity index (χ1v) is 5.72. The Labute approximate surface area is 97.2 Å². The Hall–Kier alpha value is -0.860. The highest BCUT2D eigenvalue weighted by Gasteiger charge is 2.70. The molecule has 1 fully saturated rings. The first-order chi connectivity index (χ1) is 6.98. The molecule has 0 bridgehead atoms. The number of carbonyl (C=O) groups excluding carboxylic acids is 1. The van der Waals surface area contributed by atoms with Crippen LogP contribution < -0.4 is 0 Å². The van der Waals surface area contributed by atoms with Gasteiger partial charge in [0, 0.05) is 5.92 Å². The number of hydrogen-bond acceptors (Lipinski definition) is 2. The fourth-order valence-corrected chi connectivity index (χ4v) is 3.60. The molecule has 0 aromatic rings. The molecule has 1 aliphatic carbocycles. The van der Waals surface area contributed by atoms with Gasteiger partial charge in [0.15, 0.2) is 0 Å². The molecule has 0 radical (unpaired) electrons. The summed E-state index contributed by atoms with van der Waals surface area (Å²) in [7, 11) is 0. The molecule has 0 aromatic heterocycles. The number of rotatable bonds is 2. The molecule has 3 heteroatoms. The quantitative estimate of drug-likeness (QED) is 0.787. The molecular weight excluding hydrogens is 204 g/mol. The summed E-state index contributed by atoms with van der Waals surface area (Å²) in [6, 6.07) is 0. The number of hydrogen-bond donors (Lipinski definition) is 1. The predicted molar refractivity (Wildman–Crippen MR) is 62.1 cm³/mol. The molecule has 1 saturated carbocycles. The monoisotopic (exact) mass is 226 g/mol. The van der Waals surface area contributed by atoms with E-state index in [2.05, 4.69) is 0 Å². The van der Waals surface area contributed by atoms with E-state index in [1.807, 2.05) is 34.6 Å². The Kier molecular flexibility index (Phi) is 2.74. The lowest BCUT2D eigenvalue weighted by molar-refractivity contribution is -0.212. The van der Waals surface area contributed by atoms with Crippen LogP contribution in [0.1, 0.15) is 48.0 Å². The van der Waals surface area contributed by atoms with Crippen molar-refractivity contribution in [1.29, 1.82) is 0 Å². The van der Waals surface area contributed by atoms with Gasteiger partial charge in [0.05, 0.1) is 5.41 Å². The lowest BCUT2D eigenvalue weighted by Gasteiger charge is -2.64. The molecule has 1 rings (SSSR count). The van der Waals surface area contributed by atoms with Gasteiger partial charge >= 0.3 is 5.97 Å². The average Bonchev–Trinajstić information content (AvgIpc) is 1.97. The second kappa shape index (κ2) is 3.31. The van der Waals surface area contributed by atoms with Gasteiger partial charge in [0.25, 0.3) is 0 Å². The van der Waals surface area contributed by atoms with Gasteiger partial charge in [-0.1, -0.05) is 34.6 Å². The minimum Gasteiger partial charge on any atom is -0.481 e. The van der Waals surface area contributed by atoms with Gasteiger partial charge < -0.3 is 5.11 Å². The maximum Gasteiger partial charge on any atom is 0.310 e. The number of carbonyl (C=O) groups is 2. The third kappa shape index (κ3) is 1.33. The third-order valence-corrected chi connectivity index (χ3v) is 4.62. The Morgan fingerprint density at radius 3 is 1.88 bits per heavy atom. The van der Waals surface area contributed by atoms with Gasteiger partial charge in [-0.2, -0.15) is 0 Å². The maximum atomic E-state index is 11.6. The summed E-state index contributed by atoms with van der Waals surface area (Å²) in [6.45, 7) is 11.2. The highest BCUT2D eigenvalue weighted by molar-refractivity contribution is 5.87. The Bertz CT molecular complexity index is 336. The fraction of sp³-hybridized carbons (Fsp3) is 0.846. The second-order valence-electron chi connectivity index (χ2n) is 6.55. The molecular formula is C13H22O3. The molecule has 0 aliphatic heterocycles. The minimum absolute atomic E-state index is 0.103. The summed E-state index contributed by atoms with van der Waals surface area (Å²) >= 11 is 0. The van der Waals surface area contributed by atoms with E-state index in [-0.39, 0.29) is 17.1 Å². The molecule has 16 heavy (non-hydrogen) atoms. The van der Waals surface area contributed by atoms with Crippen molar-refractivity contribution >= 4 is 11.8 Å². The lowest BCUT2D eigenvalue weighted by atomic mass is 9.37. The molecule has 1 aliphatic rings. The lowest BCUT2D eigenvalue weighted by Crippen LogP contribution is -2.66. The van der Waals surface area contributed by atoms with Gasteiger partial charge in [-0.25, -0.2) is 0 Å². The highest BCUT2D eigenvalue weighted by Crippen LogP contribution is 2.68. The second-order valence-corrected chi connectivity index (χ2v) is 6.55. The smallest absolute Gasteiger partial charge is 0.310 e. The fourth-order valence-electron chi connectivity index (χ4n) is 3.60. The van der Waals surface area contributed by atoms with Gasteiger partial charge in [0.2, 0.25) is 0 Å². The summed E-state index contributed by atoms with van der Waals surface area (Å²) in [5.74, 6) is -0.795. The highest BCUT2D eigenvalue weighted by atomic mass is 16.4. The number of Topliss-reactive ketones (excluding diaryl/α,β-unsaturated/α-hetero) is 1. The van der Waals surface area contributed by atoms with Crippen molar-refractivity contribution in [2.75, 3.05) is 0 Å². The Morgan fingerprint density at radius 1 is 1.25 bits per heavy atom. The van der Waals surface area contributed by atoms with Crippen LogP contribution in [0.15, 0.2) is 0 Å². The van der Waals surface area contributed by atoms with Crippen molar-refractivity contribution in [1.82, 2.24) is 0 Å². The van der Waals surface area contributed by atoms with Crippen LogP contribution in [0.2, 0.25) is 0 Å². The molecule has 0 aromatic carbocycles. The third-order valence-electron chi connectivity index (χ3n) is 4.62. The van der Waals surface area contributed by atoms with E-state index < -0.39 is 16.8 Å². The molecule has 0 amide bonds. The summed E-state index contributed by atoms with van der Waals surface area (Å²) in [5, 5.41) is 9.54. The van der Waals surface area contributed by atoms with E-state index in [9.17, 15) is 14.7 Å². The van der Waals surface area contributed by atoms with Gasteiger partial charge in [0.1, 0.15) is 5.78 Å². The maximum absolute atomic E-state index is 11.6. The zero-order chi connectivity index (χ0) is 12.9. The van der Waals surface area contributed by atoms with Crippen LogP contribution in [0.25, 0.3) is 0 Å². The molecule has 0 saturated heterocycles. The van der Waals surface area contributed by atoms with Crippen LogP contribution in [0.5, 0.6) is 0 Å². The Balaban J connectivity index is 3.22. The summed E-state index contributed by atoms with van der Waals surface area (Å²) in [5.41, 5.74) is -1.60. The van der Waals surface area contributed by atoms with Crippen molar-refractivity contribution in [3.8, 4) is 0 Å². The summed E-state index contributed by atoms with van der Waals surface area (Å²) in [6.07, 6.45) is 0.466. The van der Waals surface area contributed by atoms with Crippen molar-refractivity contribution in [3.05, 3.63) is 0 Å². The zero-order valence-corrected chi connectivity index (χ0v) is 11.0. The SMILES string of the molecule is CC(=O)[C@@H]1C[C@](C(=O)O)(C(C)(C)C)C1(C)C. The number of aliphatic carboxylic acids is 1. The van der Waals surface area contributed by atoms with Crippen molar-refractivity contribution in [2.24, 2.45) is 22.2 Å². The molecule has 0 heterocycles. The summed E-state index contributed by atoms with van der Waals surface area (Å²) < 4.78 is 0. The normalized spacial score (nSPS) is 33.0. The van der Waals surface area contributed by atoms with Crippen molar-refractivity contribution < 1.29 is 14.7 Å². The first-order valence-electron chi connectivity index (χ1n) is 5.72. The average molecular weight is 226 g/mol. The molecule has 0 spiro atoms. The van der Waals surface area contributed by atoms with Crippen LogP contribution in [0.3, 0.4) is 0 Å². The van der Waals surface area contributed by atoms with E-state index in [0.717, 1.165) is 0 Å². The van der Waals surface area contributed by atoms with Crippen LogP contribution in [0, 0.1) is 22.2 Å². The van der Waals surface area contributed by atoms with Gasteiger partial charge in [-0.15, -0.1) is 0 Å². The van der Waals surface area contributed by atoms with E-state index in [1.54, 1.807) is 6.92 Å². The van der Waals surface area contributed by atoms with Crippen LogP contribution in [0.4, 0.5) is 0 Å². The number of ketones is 1. The standard InChI is InChI=1S/C13H22O3/c1-8(14)9-7-13(10(15)16,11(2,3)4)12(9,5)6/h9H,7H2,1-6H3,(H,15,16)/t9-,13-/m0/s1. The van der Waals surface area contributed by atoms with E-state index in [0.29, 0.717) is 6.42 Å². The van der Waals surface area contributed by atoms with Gasteiger partial charge in [-0.05, 0) is 24.2 Å². The topological polar surface area (TPSA) is 54.4 Å². The van der Waals surface area contributed by atoms with Crippen LogP contribution >= 0.6 is 0 Å². The molecule has 3 nitrogen and oxygen atoms in total. The predicted octanol–water partition coefficient (Wildman–Crippen LogP) is 2.74. The van der Waals surface area contributed by atoms with Crippen LogP contribution in [-0.2, 0) is 9.59 Å². The van der Waals surface area contributed by atoms with E-state index in [4.69, 9.17) is 0 Å². The summed E-state index contributed by atoms with van der Waals surface area (Å²) in [4.78, 5) is 23.1. The minimum atomic E-state index is -0.795. The van der Waals surface area contributed by atoms with E-state index >= 15 is 0 Å². The molecule has 2 atom stereocenters. The zero-order valence-electron chi connectivity index (χ0n) is 11.0. The molecule has 0 unspecified atom stereocenters. The van der Waals surface area contributed by atoms with E-state index in [1.165, 1.54) is 0 Å². The first kappa shape index (κ1) is 13.2. The molecule has 92 valence electrons. The van der Waals surface area contributed by atoms with Crippen molar-refractivity contribution in [2.45, 2.75) is 48.0 Å². The van der Waals surface area contributed by atoms with Crippen LogP contribution in [-0.4, -0.2) is 16.9 Å². The number of carboxylic acid groups (broad SMARTS) is 1. The van der Waals surface area contributed by atoms with Crippen molar-refractivity contribution in [3.63, 3.8) is 0 Å². The largest absolute Gasteiger partial charge is 0.481 e. The van der Waals surface area contributed by atoms with Gasteiger partial charge in [-0.3, -0.25) is 9.59 Å².